The molecule has 0 aromatic heterocycles. The Hall–Kier alpha value is -1.30. The van der Waals surface area contributed by atoms with Gasteiger partial charge >= 0.3 is 6.09 Å². The van der Waals surface area contributed by atoms with Gasteiger partial charge in [-0.05, 0) is 20.8 Å². The maximum Gasteiger partial charge on any atom is 0.408 e. The SMILES string of the molecule is CNC(=O)[C@H](CN)NC(=O)OC(C)(C)C. The molecule has 0 fully saturated rings. The summed E-state index contributed by atoms with van der Waals surface area (Å²) in [5, 5.41) is 4.77. The number of hydrogen-bond donors (Lipinski definition) is 3. The van der Waals surface area contributed by atoms with Crippen LogP contribution in [0.4, 0.5) is 4.79 Å². The van der Waals surface area contributed by atoms with Gasteiger partial charge in [-0.25, -0.2) is 4.79 Å². The third-order valence-electron chi connectivity index (χ3n) is 1.49. The average Bonchev–Trinajstić information content (AvgIpc) is 2.10. The van der Waals surface area contributed by atoms with Gasteiger partial charge in [0.25, 0.3) is 0 Å². The van der Waals surface area contributed by atoms with Crippen molar-refractivity contribution in [2.75, 3.05) is 13.6 Å². The van der Waals surface area contributed by atoms with E-state index in [0.717, 1.165) is 0 Å². The molecule has 0 aromatic rings. The van der Waals surface area contributed by atoms with E-state index in [1.54, 1.807) is 20.8 Å². The normalized spacial score (nSPS) is 12.9. The van der Waals surface area contributed by atoms with Crippen LogP contribution in [0.15, 0.2) is 0 Å². The van der Waals surface area contributed by atoms with Gasteiger partial charge in [0.15, 0.2) is 0 Å². The zero-order valence-corrected chi connectivity index (χ0v) is 9.59. The van der Waals surface area contributed by atoms with Gasteiger partial charge in [-0.2, -0.15) is 0 Å². The van der Waals surface area contributed by atoms with Gasteiger partial charge in [0.2, 0.25) is 5.91 Å². The molecular weight excluding hydrogens is 198 g/mol. The molecule has 88 valence electrons. The van der Waals surface area contributed by atoms with Crippen molar-refractivity contribution in [3.8, 4) is 0 Å². The van der Waals surface area contributed by atoms with Crippen LogP contribution in [0.25, 0.3) is 0 Å². The maximum atomic E-state index is 11.3. The Morgan fingerprint density at radius 3 is 2.27 bits per heavy atom. The number of rotatable bonds is 3. The highest BCUT2D eigenvalue weighted by atomic mass is 16.6. The Labute approximate surface area is 89.5 Å². The number of likely N-dealkylation sites (N-methyl/N-ethyl adjacent to an activating group) is 1. The third kappa shape index (κ3) is 5.90. The quantitative estimate of drug-likeness (QED) is 0.598. The summed E-state index contributed by atoms with van der Waals surface area (Å²) >= 11 is 0. The number of nitrogens with two attached hydrogens (primary N) is 1. The molecule has 0 unspecified atom stereocenters. The Balaban J connectivity index is 4.20. The first-order valence-electron chi connectivity index (χ1n) is 4.71. The van der Waals surface area contributed by atoms with Crippen molar-refractivity contribution in [2.45, 2.75) is 32.4 Å². The molecule has 0 aliphatic heterocycles. The van der Waals surface area contributed by atoms with Gasteiger partial charge in [-0.3, -0.25) is 4.79 Å². The van der Waals surface area contributed by atoms with Gasteiger partial charge in [0.1, 0.15) is 11.6 Å². The molecule has 2 amide bonds. The predicted octanol–water partition coefficient (Wildman–Crippen LogP) is -0.416. The molecule has 0 saturated carbocycles. The van der Waals surface area contributed by atoms with Gasteiger partial charge in [-0.15, -0.1) is 0 Å². The van der Waals surface area contributed by atoms with Crippen molar-refractivity contribution in [1.82, 2.24) is 10.6 Å². The summed E-state index contributed by atoms with van der Waals surface area (Å²) in [6.07, 6.45) is -0.651. The van der Waals surface area contributed by atoms with E-state index in [4.69, 9.17) is 10.5 Å². The monoisotopic (exact) mass is 217 g/mol. The number of nitrogens with one attached hydrogen (secondary N) is 2. The minimum Gasteiger partial charge on any atom is -0.444 e. The van der Waals surface area contributed by atoms with Crippen LogP contribution in [0, 0.1) is 0 Å². The Bertz CT molecular complexity index is 235. The molecule has 0 heterocycles. The van der Waals surface area contributed by atoms with Crippen molar-refractivity contribution >= 4 is 12.0 Å². The molecule has 0 aliphatic rings. The van der Waals surface area contributed by atoms with E-state index >= 15 is 0 Å². The molecule has 6 heteroatoms. The highest BCUT2D eigenvalue weighted by Crippen LogP contribution is 2.06. The van der Waals surface area contributed by atoms with E-state index < -0.39 is 17.7 Å². The van der Waals surface area contributed by atoms with Crippen molar-refractivity contribution in [2.24, 2.45) is 5.73 Å². The minimum absolute atomic E-state index is 0.0267. The van der Waals surface area contributed by atoms with E-state index in [9.17, 15) is 9.59 Å². The topological polar surface area (TPSA) is 93.5 Å². The third-order valence-corrected chi connectivity index (χ3v) is 1.49. The fourth-order valence-corrected chi connectivity index (χ4v) is 0.856. The molecule has 1 atom stereocenters. The number of hydrogen-bond acceptors (Lipinski definition) is 4. The van der Waals surface area contributed by atoms with Crippen molar-refractivity contribution < 1.29 is 14.3 Å². The van der Waals surface area contributed by atoms with Gasteiger partial charge < -0.3 is 21.1 Å². The van der Waals surface area contributed by atoms with Crippen LogP contribution in [-0.2, 0) is 9.53 Å². The number of carbonyl (C=O) groups is 2. The maximum absolute atomic E-state index is 11.3. The molecule has 0 rings (SSSR count). The largest absolute Gasteiger partial charge is 0.444 e. The molecule has 0 aliphatic carbocycles. The van der Waals surface area contributed by atoms with Crippen LogP contribution in [0.1, 0.15) is 20.8 Å². The second-order valence-electron chi connectivity index (χ2n) is 4.05. The molecule has 0 spiro atoms. The van der Waals surface area contributed by atoms with Crippen molar-refractivity contribution in [3.63, 3.8) is 0 Å². The molecule has 0 saturated heterocycles. The molecule has 0 aromatic carbocycles. The fourth-order valence-electron chi connectivity index (χ4n) is 0.856. The first-order chi connectivity index (χ1) is 6.80. The lowest BCUT2D eigenvalue weighted by molar-refractivity contribution is -0.122. The Morgan fingerprint density at radius 1 is 1.40 bits per heavy atom. The fraction of sp³-hybridized carbons (Fsp3) is 0.778. The molecule has 0 bridgehead atoms. The summed E-state index contributed by atoms with van der Waals surface area (Å²) in [7, 11) is 1.47. The van der Waals surface area contributed by atoms with Crippen LogP contribution in [-0.4, -0.2) is 37.2 Å². The number of carbonyl (C=O) groups excluding carboxylic acids is 2. The van der Waals surface area contributed by atoms with Gasteiger partial charge in [0.05, 0.1) is 0 Å². The smallest absolute Gasteiger partial charge is 0.408 e. The van der Waals surface area contributed by atoms with E-state index in [1.807, 2.05) is 0 Å². The van der Waals surface area contributed by atoms with Crippen LogP contribution in [0.5, 0.6) is 0 Å². The Morgan fingerprint density at radius 2 is 1.93 bits per heavy atom. The second-order valence-corrected chi connectivity index (χ2v) is 4.05. The summed E-state index contributed by atoms with van der Waals surface area (Å²) in [4.78, 5) is 22.5. The highest BCUT2D eigenvalue weighted by molar-refractivity contribution is 5.85. The van der Waals surface area contributed by atoms with Gasteiger partial charge in [-0.1, -0.05) is 0 Å². The lowest BCUT2D eigenvalue weighted by atomic mass is 10.2. The summed E-state index contributed by atoms with van der Waals surface area (Å²) in [6, 6.07) is -0.759. The lowest BCUT2D eigenvalue weighted by Crippen LogP contribution is -2.51. The van der Waals surface area contributed by atoms with Crippen molar-refractivity contribution in [3.05, 3.63) is 0 Å². The number of ether oxygens (including phenoxy) is 1. The van der Waals surface area contributed by atoms with Crippen molar-refractivity contribution in [1.29, 1.82) is 0 Å². The average molecular weight is 217 g/mol. The number of alkyl carbamates (subject to hydrolysis) is 1. The zero-order valence-electron chi connectivity index (χ0n) is 9.59. The molecule has 15 heavy (non-hydrogen) atoms. The van der Waals surface area contributed by atoms with Crippen LogP contribution < -0.4 is 16.4 Å². The van der Waals surface area contributed by atoms with Crippen LogP contribution in [0.3, 0.4) is 0 Å². The lowest BCUT2D eigenvalue weighted by Gasteiger charge is -2.22. The Kier molecular flexibility index (Phi) is 5.07. The summed E-state index contributed by atoms with van der Waals surface area (Å²) in [5.41, 5.74) is 4.74. The molecular formula is C9H19N3O3. The van der Waals surface area contributed by atoms with E-state index in [-0.39, 0.29) is 12.5 Å². The minimum atomic E-state index is -0.759. The first kappa shape index (κ1) is 13.7. The standard InChI is InChI=1S/C9H19N3O3/c1-9(2,3)15-8(14)12-6(5-10)7(13)11-4/h6H,5,10H2,1-4H3,(H,11,13)(H,12,14)/t6-/m0/s1. The first-order valence-corrected chi connectivity index (χ1v) is 4.71. The summed E-state index contributed by atoms with van der Waals surface area (Å²) in [6.45, 7) is 5.25. The second kappa shape index (κ2) is 5.55. The molecule has 4 N–H and O–H groups in total. The molecule has 6 nitrogen and oxygen atoms in total. The van der Waals surface area contributed by atoms with Crippen LogP contribution >= 0.6 is 0 Å². The number of amides is 2. The highest BCUT2D eigenvalue weighted by Gasteiger charge is 2.22. The predicted molar refractivity (Wildman–Crippen MR) is 56.3 cm³/mol. The summed E-state index contributed by atoms with van der Waals surface area (Å²) < 4.78 is 4.98. The van der Waals surface area contributed by atoms with E-state index in [0.29, 0.717) is 0 Å². The molecule has 0 radical (unpaired) electrons. The zero-order chi connectivity index (χ0) is 12.1. The summed E-state index contributed by atoms with van der Waals surface area (Å²) in [5.74, 6) is -0.344. The van der Waals surface area contributed by atoms with E-state index in [1.165, 1.54) is 7.05 Å². The van der Waals surface area contributed by atoms with Gasteiger partial charge in [0, 0.05) is 13.6 Å². The van der Waals surface area contributed by atoms with Crippen LogP contribution in [0.2, 0.25) is 0 Å². The van der Waals surface area contributed by atoms with E-state index in [2.05, 4.69) is 10.6 Å².